The maximum absolute atomic E-state index is 5.73. The van der Waals surface area contributed by atoms with Crippen molar-refractivity contribution in [2.45, 2.75) is 40.2 Å². The van der Waals surface area contributed by atoms with Gasteiger partial charge in [-0.05, 0) is 32.9 Å². The summed E-state index contributed by atoms with van der Waals surface area (Å²) >= 11 is 0. The molecule has 2 rings (SSSR count). The summed E-state index contributed by atoms with van der Waals surface area (Å²) in [7, 11) is 0. The molecule has 19 heavy (non-hydrogen) atoms. The first-order valence-corrected chi connectivity index (χ1v) is 6.56. The van der Waals surface area contributed by atoms with Crippen molar-refractivity contribution in [2.24, 2.45) is 0 Å². The van der Waals surface area contributed by atoms with Crippen molar-refractivity contribution in [3.05, 3.63) is 23.3 Å². The van der Waals surface area contributed by atoms with E-state index in [9.17, 15) is 0 Å². The predicted octanol–water partition coefficient (Wildman–Crippen LogP) is 2.07. The van der Waals surface area contributed by atoms with Crippen LogP contribution in [-0.2, 0) is 6.42 Å². The lowest BCUT2D eigenvalue weighted by molar-refractivity contribution is 0.428. The van der Waals surface area contributed by atoms with E-state index in [2.05, 4.69) is 25.7 Å². The fraction of sp³-hybridized carbons (Fsp3) is 0.538. The van der Waals surface area contributed by atoms with Crippen LogP contribution in [0.5, 0.6) is 0 Å². The summed E-state index contributed by atoms with van der Waals surface area (Å²) < 4.78 is 5.73. The average molecular weight is 261 g/mol. The standard InChI is InChI=1S/C13H19N5O/c1-5-11-10(7-8(3)15-16-11)13-18-17-12(19-13)9(4)14-6-2/h7,9,14H,5-6H2,1-4H3. The Bertz CT molecular complexity index is 552. The minimum absolute atomic E-state index is 0.0484. The van der Waals surface area contributed by atoms with E-state index in [1.54, 1.807) is 0 Å². The van der Waals surface area contributed by atoms with Crippen LogP contribution in [0.4, 0.5) is 0 Å². The molecule has 1 N–H and O–H groups in total. The van der Waals surface area contributed by atoms with Crippen LogP contribution in [-0.4, -0.2) is 26.9 Å². The molecule has 0 fully saturated rings. The molecule has 6 heteroatoms. The monoisotopic (exact) mass is 261 g/mol. The van der Waals surface area contributed by atoms with E-state index < -0.39 is 0 Å². The van der Waals surface area contributed by atoms with Crippen LogP contribution >= 0.6 is 0 Å². The Morgan fingerprint density at radius 3 is 2.68 bits per heavy atom. The summed E-state index contributed by atoms with van der Waals surface area (Å²) in [6.07, 6.45) is 0.781. The van der Waals surface area contributed by atoms with Gasteiger partial charge in [-0.2, -0.15) is 10.2 Å². The highest BCUT2D eigenvalue weighted by Crippen LogP contribution is 2.23. The zero-order valence-corrected chi connectivity index (χ0v) is 11.8. The number of aromatic nitrogens is 4. The van der Waals surface area contributed by atoms with Gasteiger partial charge in [-0.1, -0.05) is 13.8 Å². The number of rotatable bonds is 5. The van der Waals surface area contributed by atoms with Crippen LogP contribution in [0.25, 0.3) is 11.5 Å². The second-order valence-corrected chi connectivity index (χ2v) is 4.42. The maximum Gasteiger partial charge on any atom is 0.249 e. The molecule has 102 valence electrons. The molecule has 0 aliphatic heterocycles. The molecule has 0 saturated heterocycles. The van der Waals surface area contributed by atoms with Crippen molar-refractivity contribution in [3.63, 3.8) is 0 Å². The van der Waals surface area contributed by atoms with Crippen LogP contribution in [0, 0.1) is 6.92 Å². The molecule has 6 nitrogen and oxygen atoms in total. The quantitative estimate of drug-likeness (QED) is 0.887. The second kappa shape index (κ2) is 5.88. The van der Waals surface area contributed by atoms with E-state index in [4.69, 9.17) is 4.42 Å². The highest BCUT2D eigenvalue weighted by atomic mass is 16.4. The highest BCUT2D eigenvalue weighted by molar-refractivity contribution is 5.56. The van der Waals surface area contributed by atoms with E-state index in [1.807, 2.05) is 33.8 Å². The van der Waals surface area contributed by atoms with E-state index in [-0.39, 0.29) is 6.04 Å². The SMILES string of the molecule is CCNC(C)c1nnc(-c2cc(C)nnc2CC)o1. The van der Waals surface area contributed by atoms with Gasteiger partial charge < -0.3 is 9.73 Å². The van der Waals surface area contributed by atoms with E-state index in [1.165, 1.54) is 0 Å². The van der Waals surface area contributed by atoms with Crippen molar-refractivity contribution in [3.8, 4) is 11.5 Å². The molecule has 0 aliphatic rings. The third kappa shape index (κ3) is 2.96. The van der Waals surface area contributed by atoms with Gasteiger partial charge in [0.05, 0.1) is 23.0 Å². The van der Waals surface area contributed by atoms with Crippen molar-refractivity contribution in [2.75, 3.05) is 6.54 Å². The van der Waals surface area contributed by atoms with Gasteiger partial charge in [-0.15, -0.1) is 10.2 Å². The average Bonchev–Trinajstić information content (AvgIpc) is 2.88. The zero-order chi connectivity index (χ0) is 13.8. The molecule has 0 saturated carbocycles. The molecule has 2 aromatic rings. The van der Waals surface area contributed by atoms with Gasteiger partial charge in [0.25, 0.3) is 0 Å². The number of nitrogens with one attached hydrogen (secondary N) is 1. The lowest BCUT2D eigenvalue weighted by Gasteiger charge is -2.06. The van der Waals surface area contributed by atoms with Gasteiger partial charge in [0, 0.05) is 0 Å². The number of aryl methyl sites for hydroxylation is 2. The minimum atomic E-state index is 0.0484. The summed E-state index contributed by atoms with van der Waals surface area (Å²) in [5.74, 6) is 1.10. The normalized spacial score (nSPS) is 12.6. The Morgan fingerprint density at radius 2 is 2.00 bits per heavy atom. The van der Waals surface area contributed by atoms with E-state index in [0.29, 0.717) is 11.8 Å². The van der Waals surface area contributed by atoms with Crippen molar-refractivity contribution in [1.82, 2.24) is 25.7 Å². The predicted molar refractivity (Wildman–Crippen MR) is 71.5 cm³/mol. The van der Waals surface area contributed by atoms with Crippen LogP contribution in [0.1, 0.15) is 44.1 Å². The van der Waals surface area contributed by atoms with Crippen LogP contribution in [0.15, 0.2) is 10.5 Å². The van der Waals surface area contributed by atoms with Gasteiger partial charge in [0.15, 0.2) is 0 Å². The van der Waals surface area contributed by atoms with Gasteiger partial charge in [0.2, 0.25) is 11.8 Å². The summed E-state index contributed by atoms with van der Waals surface area (Å²) in [4.78, 5) is 0. The summed E-state index contributed by atoms with van der Waals surface area (Å²) in [6.45, 7) is 8.82. The molecule has 0 aromatic carbocycles. The maximum atomic E-state index is 5.73. The van der Waals surface area contributed by atoms with Crippen molar-refractivity contribution in [1.29, 1.82) is 0 Å². The first-order chi connectivity index (χ1) is 9.15. The molecule has 0 amide bonds. The smallest absolute Gasteiger partial charge is 0.249 e. The van der Waals surface area contributed by atoms with Crippen LogP contribution in [0.3, 0.4) is 0 Å². The first-order valence-electron chi connectivity index (χ1n) is 6.56. The second-order valence-electron chi connectivity index (χ2n) is 4.42. The summed E-state index contributed by atoms with van der Waals surface area (Å²) in [5, 5.41) is 19.7. The number of hydrogen-bond acceptors (Lipinski definition) is 6. The molecule has 2 aromatic heterocycles. The third-order valence-corrected chi connectivity index (χ3v) is 2.88. The molecule has 0 radical (unpaired) electrons. The minimum Gasteiger partial charge on any atom is -0.419 e. The molecule has 1 unspecified atom stereocenters. The van der Waals surface area contributed by atoms with E-state index >= 15 is 0 Å². The van der Waals surface area contributed by atoms with Gasteiger partial charge in [-0.25, -0.2) is 0 Å². The molecular weight excluding hydrogens is 242 g/mol. The topological polar surface area (TPSA) is 76.7 Å². The highest BCUT2D eigenvalue weighted by Gasteiger charge is 2.17. The number of nitrogens with zero attached hydrogens (tertiary/aromatic N) is 4. The lowest BCUT2D eigenvalue weighted by Crippen LogP contribution is -2.17. The third-order valence-electron chi connectivity index (χ3n) is 2.88. The lowest BCUT2D eigenvalue weighted by atomic mass is 10.1. The summed E-state index contributed by atoms with van der Waals surface area (Å²) in [5.41, 5.74) is 2.58. The number of hydrogen-bond donors (Lipinski definition) is 1. The largest absolute Gasteiger partial charge is 0.419 e. The van der Waals surface area contributed by atoms with E-state index in [0.717, 1.165) is 29.9 Å². The zero-order valence-electron chi connectivity index (χ0n) is 11.8. The van der Waals surface area contributed by atoms with Crippen molar-refractivity contribution < 1.29 is 4.42 Å². The Kier molecular flexibility index (Phi) is 4.21. The molecular formula is C13H19N5O. The first kappa shape index (κ1) is 13.6. The van der Waals surface area contributed by atoms with Gasteiger partial charge in [-0.3, -0.25) is 0 Å². The Balaban J connectivity index is 2.34. The molecule has 2 heterocycles. The molecule has 0 bridgehead atoms. The van der Waals surface area contributed by atoms with Gasteiger partial charge >= 0.3 is 0 Å². The Morgan fingerprint density at radius 1 is 1.21 bits per heavy atom. The van der Waals surface area contributed by atoms with Crippen LogP contribution < -0.4 is 5.32 Å². The Labute approximate surface area is 112 Å². The molecule has 1 atom stereocenters. The fourth-order valence-electron chi connectivity index (χ4n) is 1.87. The fourth-order valence-corrected chi connectivity index (χ4v) is 1.87. The van der Waals surface area contributed by atoms with Gasteiger partial charge in [0.1, 0.15) is 0 Å². The summed E-state index contributed by atoms with van der Waals surface area (Å²) in [6, 6.07) is 1.98. The molecule has 0 aliphatic carbocycles. The molecule has 0 spiro atoms. The van der Waals surface area contributed by atoms with Crippen molar-refractivity contribution >= 4 is 0 Å². The Hall–Kier alpha value is -1.82. The van der Waals surface area contributed by atoms with Crippen LogP contribution in [0.2, 0.25) is 0 Å².